The lowest BCUT2D eigenvalue weighted by Gasteiger charge is -2.15. The highest BCUT2D eigenvalue weighted by Gasteiger charge is 2.13. The molecular formula is C12H10FNO3. The Morgan fingerprint density at radius 3 is 2.71 bits per heavy atom. The predicted octanol–water partition coefficient (Wildman–Crippen LogP) is 2.88. The maximum absolute atomic E-state index is 13.0. The normalized spacial score (nSPS) is 10.2. The van der Waals surface area contributed by atoms with Crippen molar-refractivity contribution in [3.8, 4) is 0 Å². The molecule has 0 radical (unpaired) electrons. The van der Waals surface area contributed by atoms with Crippen LogP contribution in [0, 0.1) is 5.82 Å². The quantitative estimate of drug-likeness (QED) is 0.888. The van der Waals surface area contributed by atoms with E-state index in [9.17, 15) is 9.18 Å². The van der Waals surface area contributed by atoms with E-state index in [1.165, 1.54) is 24.3 Å². The average molecular weight is 235 g/mol. The second kappa shape index (κ2) is 4.29. The van der Waals surface area contributed by atoms with Crippen LogP contribution in [0.2, 0.25) is 0 Å². The van der Waals surface area contributed by atoms with Crippen molar-refractivity contribution in [3.63, 3.8) is 0 Å². The molecule has 17 heavy (non-hydrogen) atoms. The van der Waals surface area contributed by atoms with Crippen LogP contribution in [0.15, 0.2) is 40.8 Å². The molecule has 0 fully saturated rings. The van der Waals surface area contributed by atoms with Gasteiger partial charge in [-0.15, -0.1) is 0 Å². The van der Waals surface area contributed by atoms with Crippen LogP contribution in [0.1, 0.15) is 10.6 Å². The summed E-state index contributed by atoms with van der Waals surface area (Å²) < 4.78 is 18.1. The summed E-state index contributed by atoms with van der Waals surface area (Å²) in [6, 6.07) is 8.82. The van der Waals surface area contributed by atoms with Gasteiger partial charge in [0.15, 0.2) is 0 Å². The molecule has 0 spiro atoms. The zero-order valence-electron chi connectivity index (χ0n) is 9.05. The van der Waals surface area contributed by atoms with Crippen LogP contribution in [-0.2, 0) is 0 Å². The number of aromatic carboxylic acids is 1. The molecule has 0 amide bonds. The highest BCUT2D eigenvalue weighted by Crippen LogP contribution is 2.25. The van der Waals surface area contributed by atoms with E-state index in [0.29, 0.717) is 11.6 Å². The summed E-state index contributed by atoms with van der Waals surface area (Å²) in [7, 11) is 1.67. The third-order valence-corrected chi connectivity index (χ3v) is 2.33. The Labute approximate surface area is 96.9 Å². The van der Waals surface area contributed by atoms with Crippen LogP contribution < -0.4 is 4.90 Å². The van der Waals surface area contributed by atoms with Gasteiger partial charge in [-0.2, -0.15) is 0 Å². The Hall–Kier alpha value is -2.30. The maximum Gasteiger partial charge on any atom is 0.371 e. The van der Waals surface area contributed by atoms with Crippen molar-refractivity contribution in [2.45, 2.75) is 0 Å². The zero-order valence-corrected chi connectivity index (χ0v) is 9.05. The number of carboxylic acids is 1. The third-order valence-electron chi connectivity index (χ3n) is 2.33. The Balaban J connectivity index is 2.30. The molecule has 5 heteroatoms. The van der Waals surface area contributed by atoms with Crippen molar-refractivity contribution in [2.24, 2.45) is 0 Å². The van der Waals surface area contributed by atoms with Gasteiger partial charge in [-0.05, 0) is 24.3 Å². The van der Waals surface area contributed by atoms with Gasteiger partial charge in [0.2, 0.25) is 11.6 Å². The number of anilines is 2. The second-order valence-electron chi connectivity index (χ2n) is 3.48. The molecule has 1 N–H and O–H groups in total. The van der Waals surface area contributed by atoms with Gasteiger partial charge in [-0.1, -0.05) is 6.07 Å². The number of carboxylic acid groups (broad SMARTS) is 1. The van der Waals surface area contributed by atoms with Crippen LogP contribution in [0.5, 0.6) is 0 Å². The van der Waals surface area contributed by atoms with E-state index in [-0.39, 0.29) is 11.6 Å². The summed E-state index contributed by atoms with van der Waals surface area (Å²) in [6.07, 6.45) is 0. The lowest BCUT2D eigenvalue weighted by molar-refractivity contribution is 0.0663. The number of furan rings is 1. The number of halogens is 1. The van der Waals surface area contributed by atoms with Crippen LogP contribution >= 0.6 is 0 Å². The Morgan fingerprint density at radius 1 is 1.35 bits per heavy atom. The number of nitrogens with zero attached hydrogens (tertiary/aromatic N) is 1. The minimum Gasteiger partial charge on any atom is -0.475 e. The van der Waals surface area contributed by atoms with E-state index >= 15 is 0 Å². The molecule has 0 aliphatic heterocycles. The Kier molecular flexibility index (Phi) is 2.82. The van der Waals surface area contributed by atoms with E-state index in [4.69, 9.17) is 9.52 Å². The van der Waals surface area contributed by atoms with E-state index in [1.807, 2.05) is 0 Å². The summed E-state index contributed by atoms with van der Waals surface area (Å²) in [5.41, 5.74) is 0.580. The van der Waals surface area contributed by atoms with Crippen LogP contribution in [0.4, 0.5) is 16.0 Å². The van der Waals surface area contributed by atoms with Gasteiger partial charge in [0.05, 0.1) is 0 Å². The standard InChI is InChI=1S/C12H10FNO3/c1-14(9-4-2-3-8(13)7-9)11-6-5-10(17-11)12(15)16/h2-7H,1H3,(H,15,16). The second-order valence-corrected chi connectivity index (χ2v) is 3.48. The molecule has 2 rings (SSSR count). The number of rotatable bonds is 3. The molecule has 2 aromatic rings. The third kappa shape index (κ3) is 2.28. The Morgan fingerprint density at radius 2 is 2.12 bits per heavy atom. The molecule has 4 nitrogen and oxygen atoms in total. The predicted molar refractivity (Wildman–Crippen MR) is 60.1 cm³/mol. The van der Waals surface area contributed by atoms with Crippen molar-refractivity contribution in [1.82, 2.24) is 0 Å². The van der Waals surface area contributed by atoms with Crippen LogP contribution in [-0.4, -0.2) is 18.1 Å². The van der Waals surface area contributed by atoms with Gasteiger partial charge in [0, 0.05) is 18.8 Å². The van der Waals surface area contributed by atoms with Crippen LogP contribution in [0.3, 0.4) is 0 Å². The molecule has 0 bridgehead atoms. The summed E-state index contributed by atoms with van der Waals surface area (Å²) in [6.45, 7) is 0. The van der Waals surface area contributed by atoms with E-state index in [2.05, 4.69) is 0 Å². The minimum absolute atomic E-state index is 0.150. The molecule has 0 aliphatic carbocycles. The zero-order chi connectivity index (χ0) is 12.4. The first-order valence-corrected chi connectivity index (χ1v) is 4.90. The molecule has 1 heterocycles. The summed E-state index contributed by atoms with van der Waals surface area (Å²) in [5.74, 6) is -1.31. The molecule has 88 valence electrons. The SMILES string of the molecule is CN(c1cccc(F)c1)c1ccc(C(=O)O)o1. The summed E-state index contributed by atoms with van der Waals surface area (Å²) in [4.78, 5) is 12.2. The molecule has 1 aromatic heterocycles. The van der Waals surface area contributed by atoms with Crippen molar-refractivity contribution in [2.75, 3.05) is 11.9 Å². The summed E-state index contributed by atoms with van der Waals surface area (Å²) >= 11 is 0. The van der Waals surface area contributed by atoms with E-state index in [0.717, 1.165) is 0 Å². The van der Waals surface area contributed by atoms with Crippen molar-refractivity contribution >= 4 is 17.5 Å². The smallest absolute Gasteiger partial charge is 0.371 e. The molecular weight excluding hydrogens is 225 g/mol. The first-order valence-electron chi connectivity index (χ1n) is 4.90. The fourth-order valence-corrected chi connectivity index (χ4v) is 1.43. The minimum atomic E-state index is -1.14. The van der Waals surface area contributed by atoms with E-state index < -0.39 is 5.97 Å². The molecule has 0 unspecified atom stereocenters. The summed E-state index contributed by atoms with van der Waals surface area (Å²) in [5, 5.41) is 8.72. The molecule has 0 aliphatic rings. The monoisotopic (exact) mass is 235 g/mol. The molecule has 0 saturated heterocycles. The maximum atomic E-state index is 13.0. The molecule has 0 atom stereocenters. The Bertz CT molecular complexity index is 550. The lowest BCUT2D eigenvalue weighted by Crippen LogP contribution is -2.08. The highest BCUT2D eigenvalue weighted by molar-refractivity contribution is 5.85. The fraction of sp³-hybridized carbons (Fsp3) is 0.0833. The van der Waals surface area contributed by atoms with E-state index in [1.54, 1.807) is 24.1 Å². The van der Waals surface area contributed by atoms with Gasteiger partial charge >= 0.3 is 5.97 Å². The number of hydrogen-bond donors (Lipinski definition) is 1. The highest BCUT2D eigenvalue weighted by atomic mass is 19.1. The van der Waals surface area contributed by atoms with Crippen molar-refractivity contribution in [3.05, 3.63) is 48.0 Å². The number of hydrogen-bond acceptors (Lipinski definition) is 3. The molecule has 0 saturated carbocycles. The molecule has 1 aromatic carbocycles. The number of carbonyl (C=O) groups is 1. The average Bonchev–Trinajstić information content (AvgIpc) is 2.77. The lowest BCUT2D eigenvalue weighted by atomic mass is 10.3. The van der Waals surface area contributed by atoms with Gasteiger partial charge in [0.1, 0.15) is 5.82 Å². The fourth-order valence-electron chi connectivity index (χ4n) is 1.43. The van der Waals surface area contributed by atoms with Gasteiger partial charge < -0.3 is 14.4 Å². The van der Waals surface area contributed by atoms with Gasteiger partial charge in [-0.3, -0.25) is 0 Å². The first-order chi connectivity index (χ1) is 8.08. The first kappa shape index (κ1) is 11.2. The topological polar surface area (TPSA) is 53.7 Å². The van der Waals surface area contributed by atoms with Gasteiger partial charge in [-0.25, -0.2) is 9.18 Å². The van der Waals surface area contributed by atoms with Crippen molar-refractivity contribution < 1.29 is 18.7 Å². The van der Waals surface area contributed by atoms with Gasteiger partial charge in [0.25, 0.3) is 0 Å². The largest absolute Gasteiger partial charge is 0.475 e. The van der Waals surface area contributed by atoms with Crippen LogP contribution in [0.25, 0.3) is 0 Å². The number of benzene rings is 1. The van der Waals surface area contributed by atoms with Crippen molar-refractivity contribution in [1.29, 1.82) is 0 Å².